The molecular weight excluding hydrogens is 652 g/mol. The number of aromatic nitrogens is 2. The topological polar surface area (TPSA) is 103 Å². The zero-order valence-electron chi connectivity index (χ0n) is 22.4. The average molecular weight is 691 g/mol. The maximum Gasteiger partial charge on any atom is 0.217 e. The van der Waals surface area contributed by atoms with Crippen molar-refractivity contribution in [3.8, 4) is 0 Å². The molecule has 0 radical (unpaired) electrons. The number of nitrogens with one attached hydrogen (secondary N) is 2. The Balaban J connectivity index is 0.000000230. The van der Waals surface area contributed by atoms with Crippen molar-refractivity contribution in [1.82, 2.24) is 9.36 Å². The van der Waals surface area contributed by atoms with Crippen LogP contribution in [0.25, 0.3) is 0 Å². The number of nitrogens with two attached hydrogens (primary N) is 1. The SMILES string of the molecule is CC(C)(C)c1cnc(CSc2c[nH]s2)o1.CN1c2ccc(N(CCBr)CCBr)cc2NC1CCCC(N)=O. The van der Waals surface area contributed by atoms with E-state index < -0.39 is 0 Å². The van der Waals surface area contributed by atoms with E-state index in [0.717, 1.165) is 59.7 Å². The second kappa shape index (κ2) is 14.7. The molecule has 0 spiro atoms. The van der Waals surface area contributed by atoms with E-state index in [1.165, 1.54) is 15.6 Å². The number of benzene rings is 1. The lowest BCUT2D eigenvalue weighted by Gasteiger charge is -2.24. The fourth-order valence-electron chi connectivity index (χ4n) is 3.93. The first-order chi connectivity index (χ1) is 18.1. The molecule has 1 aliphatic heterocycles. The number of anilines is 3. The molecule has 1 aliphatic rings. The minimum absolute atomic E-state index is 0.0436. The minimum Gasteiger partial charge on any atom is -0.444 e. The van der Waals surface area contributed by atoms with Gasteiger partial charge in [0.15, 0.2) is 0 Å². The summed E-state index contributed by atoms with van der Waals surface area (Å²) in [5, 5.41) is 5.45. The molecule has 8 nitrogen and oxygen atoms in total. The van der Waals surface area contributed by atoms with E-state index in [9.17, 15) is 4.79 Å². The van der Waals surface area contributed by atoms with Gasteiger partial charge in [0.2, 0.25) is 11.8 Å². The summed E-state index contributed by atoms with van der Waals surface area (Å²) >= 11 is 10.4. The number of primary amides is 1. The number of thioether (sulfide) groups is 1. The van der Waals surface area contributed by atoms with Gasteiger partial charge in [-0.2, -0.15) is 0 Å². The summed E-state index contributed by atoms with van der Waals surface area (Å²) in [7, 11) is 2.09. The zero-order valence-corrected chi connectivity index (χ0v) is 27.2. The Bertz CT molecular complexity index is 1130. The standard InChI is InChI=1S/C16H24Br2N4O.C10H14N2OS2/c1-21-14-6-5-12(22(9-7-17)10-8-18)11-13(14)20-16(21)4-2-3-15(19)23;1-10(2,3)7-4-11-8(13-7)6-14-9-5-12-15-9/h5-6,11,16,20H,2-4,7-10H2,1H3,(H2,19,23);4-5,12H,6H2,1-3H3. The fourth-order valence-corrected chi connectivity index (χ4v) is 6.19. The Morgan fingerprint density at radius 2 is 2.00 bits per heavy atom. The van der Waals surface area contributed by atoms with Crippen LogP contribution in [0.1, 0.15) is 51.7 Å². The summed E-state index contributed by atoms with van der Waals surface area (Å²) in [6.07, 6.45) is 6.19. The predicted molar refractivity (Wildman–Crippen MR) is 169 cm³/mol. The number of H-pyrrole nitrogens is 1. The second-order valence-electron chi connectivity index (χ2n) is 10.0. The highest BCUT2D eigenvalue weighted by molar-refractivity contribution is 9.09. The maximum absolute atomic E-state index is 10.9. The molecule has 0 bridgehead atoms. The van der Waals surface area contributed by atoms with Crippen LogP contribution in [0.2, 0.25) is 0 Å². The van der Waals surface area contributed by atoms with Gasteiger partial charge in [-0.3, -0.25) is 4.79 Å². The number of hydrogen-bond acceptors (Lipinski definition) is 8. The van der Waals surface area contributed by atoms with E-state index in [2.05, 4.69) is 102 Å². The normalized spacial score (nSPS) is 14.6. The number of rotatable bonds is 12. The van der Waals surface area contributed by atoms with Gasteiger partial charge in [-0.05, 0) is 31.0 Å². The van der Waals surface area contributed by atoms with Gasteiger partial charge in [-0.25, -0.2) is 4.98 Å². The van der Waals surface area contributed by atoms with E-state index in [0.29, 0.717) is 6.42 Å². The molecule has 1 aromatic carbocycles. The number of halogens is 2. The Labute approximate surface area is 250 Å². The van der Waals surface area contributed by atoms with Crippen molar-refractivity contribution in [2.75, 3.05) is 45.9 Å². The van der Waals surface area contributed by atoms with E-state index in [1.54, 1.807) is 23.3 Å². The molecule has 12 heteroatoms. The molecule has 1 unspecified atom stereocenters. The molecule has 0 saturated heterocycles. The minimum atomic E-state index is -0.231. The highest BCUT2D eigenvalue weighted by Crippen LogP contribution is 2.37. The van der Waals surface area contributed by atoms with Crippen LogP contribution in [-0.2, 0) is 16.0 Å². The van der Waals surface area contributed by atoms with Crippen LogP contribution in [-0.4, -0.2) is 52.2 Å². The summed E-state index contributed by atoms with van der Waals surface area (Å²) < 4.78 is 9.97. The molecule has 1 amide bonds. The molecular formula is C26H38Br2N6O2S2. The first kappa shape index (κ1) is 30.9. The van der Waals surface area contributed by atoms with Crippen LogP contribution in [0.3, 0.4) is 0 Å². The lowest BCUT2D eigenvalue weighted by Crippen LogP contribution is -2.32. The summed E-state index contributed by atoms with van der Waals surface area (Å²) in [5.41, 5.74) is 8.85. The number of amides is 1. The van der Waals surface area contributed by atoms with Crippen molar-refractivity contribution < 1.29 is 9.21 Å². The highest BCUT2D eigenvalue weighted by Gasteiger charge is 2.26. The number of hydrogen-bond donors (Lipinski definition) is 3. The van der Waals surface area contributed by atoms with Crippen molar-refractivity contribution in [3.63, 3.8) is 0 Å². The Morgan fingerprint density at radius 1 is 1.29 bits per heavy atom. The number of nitrogens with zero attached hydrogens (tertiary/aromatic N) is 3. The Kier molecular flexibility index (Phi) is 11.9. The molecule has 4 rings (SSSR count). The molecule has 210 valence electrons. The molecule has 4 N–H and O–H groups in total. The molecule has 3 heterocycles. The van der Waals surface area contributed by atoms with Crippen molar-refractivity contribution in [2.24, 2.45) is 5.73 Å². The number of carbonyl (C=O) groups excluding carboxylic acids is 1. The van der Waals surface area contributed by atoms with Gasteiger partial charge in [0.25, 0.3) is 0 Å². The van der Waals surface area contributed by atoms with Gasteiger partial charge >= 0.3 is 0 Å². The van der Waals surface area contributed by atoms with Crippen LogP contribution in [0.15, 0.2) is 39.2 Å². The van der Waals surface area contributed by atoms with Crippen molar-refractivity contribution in [2.45, 2.75) is 61.6 Å². The summed E-state index contributed by atoms with van der Waals surface area (Å²) in [4.78, 5) is 19.7. The first-order valence-corrected chi connectivity index (χ1v) is 16.7. The van der Waals surface area contributed by atoms with Crippen molar-refractivity contribution in [1.29, 1.82) is 0 Å². The number of oxazole rings is 1. The smallest absolute Gasteiger partial charge is 0.217 e. The Morgan fingerprint density at radius 3 is 2.55 bits per heavy atom. The number of fused-ring (bicyclic) bond motifs is 1. The van der Waals surface area contributed by atoms with Gasteiger partial charge < -0.3 is 29.6 Å². The molecule has 0 fully saturated rings. The summed E-state index contributed by atoms with van der Waals surface area (Å²) in [6, 6.07) is 6.56. The molecule has 3 aromatic rings. The number of aromatic amines is 1. The van der Waals surface area contributed by atoms with Crippen LogP contribution >= 0.6 is 55.2 Å². The van der Waals surface area contributed by atoms with Gasteiger partial charge in [0, 0.05) is 54.5 Å². The highest BCUT2D eigenvalue weighted by atomic mass is 79.9. The summed E-state index contributed by atoms with van der Waals surface area (Å²) in [5.74, 6) is 2.33. The van der Waals surface area contributed by atoms with E-state index >= 15 is 0 Å². The van der Waals surface area contributed by atoms with E-state index in [4.69, 9.17) is 10.2 Å². The average Bonchev–Trinajstić information content (AvgIpc) is 3.43. The first-order valence-electron chi connectivity index (χ1n) is 12.6. The van der Waals surface area contributed by atoms with Gasteiger partial charge in [-0.1, -0.05) is 64.2 Å². The van der Waals surface area contributed by atoms with Gasteiger partial charge in [0.1, 0.15) is 5.76 Å². The largest absolute Gasteiger partial charge is 0.444 e. The molecule has 0 aliphatic carbocycles. The third-order valence-corrected chi connectivity index (χ3v) is 8.75. The predicted octanol–water partition coefficient (Wildman–Crippen LogP) is 6.78. The van der Waals surface area contributed by atoms with Crippen LogP contribution in [0.5, 0.6) is 0 Å². The van der Waals surface area contributed by atoms with E-state index in [-0.39, 0.29) is 17.5 Å². The van der Waals surface area contributed by atoms with Crippen molar-refractivity contribution in [3.05, 3.63) is 42.2 Å². The van der Waals surface area contributed by atoms with Crippen LogP contribution < -0.4 is 20.9 Å². The van der Waals surface area contributed by atoms with Crippen LogP contribution in [0.4, 0.5) is 17.1 Å². The second-order valence-corrected chi connectivity index (χ2v) is 13.8. The lowest BCUT2D eigenvalue weighted by atomic mass is 9.94. The Hall–Kier alpha value is -1.63. The lowest BCUT2D eigenvalue weighted by molar-refractivity contribution is -0.118. The number of carbonyl (C=O) groups is 1. The summed E-state index contributed by atoms with van der Waals surface area (Å²) in [6.45, 7) is 8.32. The van der Waals surface area contributed by atoms with Gasteiger partial charge in [-0.15, -0.1) is 11.8 Å². The maximum atomic E-state index is 10.9. The van der Waals surface area contributed by atoms with Crippen LogP contribution in [0, 0.1) is 0 Å². The third kappa shape index (κ3) is 8.96. The molecule has 2 aromatic heterocycles. The quantitative estimate of drug-likeness (QED) is 0.142. The molecule has 38 heavy (non-hydrogen) atoms. The fraction of sp³-hybridized carbons (Fsp3) is 0.538. The monoisotopic (exact) mass is 688 g/mol. The van der Waals surface area contributed by atoms with Gasteiger partial charge in [0.05, 0.1) is 33.7 Å². The third-order valence-electron chi connectivity index (χ3n) is 6.09. The van der Waals surface area contributed by atoms with Crippen molar-refractivity contribution >= 4 is 78.1 Å². The molecule has 0 saturated carbocycles. The molecule has 1 atom stereocenters. The van der Waals surface area contributed by atoms with E-state index in [1.807, 2.05) is 12.4 Å². The number of alkyl halides is 2. The zero-order chi connectivity index (χ0) is 27.7.